The summed E-state index contributed by atoms with van der Waals surface area (Å²) in [7, 11) is 0. The monoisotopic (exact) mass is 587 g/mol. The summed E-state index contributed by atoms with van der Waals surface area (Å²) < 4.78 is 19.6. The van der Waals surface area contributed by atoms with Crippen molar-refractivity contribution in [1.82, 2.24) is 9.88 Å². The van der Waals surface area contributed by atoms with Gasteiger partial charge < -0.3 is 14.7 Å². The van der Waals surface area contributed by atoms with Gasteiger partial charge in [0.05, 0.1) is 11.3 Å². The van der Waals surface area contributed by atoms with Crippen LogP contribution in [0.25, 0.3) is 11.1 Å². The van der Waals surface area contributed by atoms with E-state index < -0.39 is 17.7 Å². The molecule has 0 aliphatic carbocycles. The predicted octanol–water partition coefficient (Wildman–Crippen LogP) is 7.63. The van der Waals surface area contributed by atoms with E-state index in [1.807, 2.05) is 46.8 Å². The van der Waals surface area contributed by atoms with E-state index >= 15 is 0 Å². The minimum absolute atomic E-state index is 0.211. The summed E-state index contributed by atoms with van der Waals surface area (Å²) in [6.07, 6.45) is 1.83. The van der Waals surface area contributed by atoms with Gasteiger partial charge in [-0.3, -0.25) is 9.88 Å². The fraction of sp³-hybridized carbons (Fsp3) is 0.500. The van der Waals surface area contributed by atoms with Gasteiger partial charge in [-0.05, 0) is 93.7 Å². The molecule has 0 bridgehead atoms. The van der Waals surface area contributed by atoms with E-state index in [0.29, 0.717) is 11.3 Å². The molecular weight excluding hydrogens is 541 g/mol. The second-order valence-corrected chi connectivity index (χ2v) is 14.1. The van der Waals surface area contributed by atoms with Gasteiger partial charge in [-0.25, -0.2) is 9.18 Å². The van der Waals surface area contributed by atoms with Crippen molar-refractivity contribution in [2.45, 2.75) is 92.5 Å². The number of pyridine rings is 1. The third kappa shape index (κ3) is 7.10. The van der Waals surface area contributed by atoms with Crippen LogP contribution in [0, 0.1) is 25.1 Å². The number of carboxylic acid groups (broad SMARTS) is 1. The Kier molecular flexibility index (Phi) is 8.70. The Hall–Kier alpha value is -3.29. The fourth-order valence-corrected chi connectivity index (χ4v) is 6.50. The van der Waals surface area contributed by atoms with Gasteiger partial charge in [0.1, 0.15) is 5.82 Å². The molecule has 1 fully saturated rings. The molecule has 7 heteroatoms. The zero-order chi connectivity index (χ0) is 31.1. The number of rotatable bonds is 7. The molecular formula is C36H46FN3O3. The first-order chi connectivity index (χ1) is 20.2. The zero-order valence-corrected chi connectivity index (χ0v) is 26.8. The summed E-state index contributed by atoms with van der Waals surface area (Å²) in [5.41, 5.74) is 8.57. The smallest absolute Gasteiger partial charge is 0.337 e. The Bertz CT molecular complexity index is 1480. The van der Waals surface area contributed by atoms with E-state index in [-0.39, 0.29) is 11.2 Å². The van der Waals surface area contributed by atoms with Crippen molar-refractivity contribution in [2.75, 3.05) is 24.5 Å². The lowest BCUT2D eigenvalue weighted by atomic mass is 9.81. The maximum Gasteiger partial charge on any atom is 0.337 e. The van der Waals surface area contributed by atoms with Gasteiger partial charge in [0.25, 0.3) is 0 Å². The average Bonchev–Trinajstić information content (AvgIpc) is 2.92. The largest absolute Gasteiger partial charge is 0.479 e. The summed E-state index contributed by atoms with van der Waals surface area (Å²) in [5.74, 6) is -1.21. The minimum atomic E-state index is -1.13. The number of benzene rings is 2. The van der Waals surface area contributed by atoms with Crippen LogP contribution in [0.1, 0.15) is 87.2 Å². The summed E-state index contributed by atoms with van der Waals surface area (Å²) in [6, 6.07) is 13.4. The van der Waals surface area contributed by atoms with Gasteiger partial charge in [-0.15, -0.1) is 0 Å². The van der Waals surface area contributed by atoms with Crippen LogP contribution in [-0.2, 0) is 29.0 Å². The van der Waals surface area contributed by atoms with Gasteiger partial charge in [-0.2, -0.15) is 0 Å². The molecule has 1 atom stereocenters. The van der Waals surface area contributed by atoms with Gasteiger partial charge in [0.15, 0.2) is 6.10 Å². The Labute approximate surface area is 255 Å². The van der Waals surface area contributed by atoms with E-state index in [4.69, 9.17) is 9.72 Å². The molecule has 5 rings (SSSR count). The molecule has 2 aromatic carbocycles. The number of carboxylic acids is 1. The molecule has 2 aliphatic rings. The molecule has 6 nitrogen and oxygen atoms in total. The molecule has 230 valence electrons. The van der Waals surface area contributed by atoms with Crippen LogP contribution >= 0.6 is 0 Å². The highest BCUT2D eigenvalue weighted by Crippen LogP contribution is 2.45. The number of aliphatic carboxylic acids is 1. The second-order valence-electron chi connectivity index (χ2n) is 14.1. The number of fused-ring (bicyclic) bond motifs is 1. The van der Waals surface area contributed by atoms with Crippen molar-refractivity contribution >= 4 is 11.7 Å². The summed E-state index contributed by atoms with van der Waals surface area (Å²) >= 11 is 0. The fourth-order valence-electron chi connectivity index (χ4n) is 6.50. The summed E-state index contributed by atoms with van der Waals surface area (Å²) in [6.45, 7) is 18.5. The predicted molar refractivity (Wildman–Crippen MR) is 170 cm³/mol. The van der Waals surface area contributed by atoms with Crippen LogP contribution < -0.4 is 4.90 Å². The van der Waals surface area contributed by atoms with Gasteiger partial charge in [-0.1, -0.05) is 44.2 Å². The lowest BCUT2D eigenvalue weighted by Gasteiger charge is -2.41. The molecule has 43 heavy (non-hydrogen) atoms. The highest BCUT2D eigenvalue weighted by Gasteiger charge is 2.36. The van der Waals surface area contributed by atoms with Gasteiger partial charge >= 0.3 is 5.97 Å². The first-order valence-corrected chi connectivity index (χ1v) is 15.5. The Morgan fingerprint density at radius 2 is 1.70 bits per heavy atom. The normalized spacial score (nSPS) is 17.9. The molecule has 1 N–H and O–H groups in total. The SMILES string of the molecule is Cc1nc(C)c(C(OC(C)(C)C)C(=O)O)c(N2CCC(C)(C)CC2)c1-c1ccc2c(c1)CCN(Cc1ccc(F)cc1)C2. The molecule has 0 radical (unpaired) electrons. The molecule has 1 aromatic heterocycles. The number of aromatic nitrogens is 1. The highest BCUT2D eigenvalue weighted by molar-refractivity contribution is 5.88. The van der Waals surface area contributed by atoms with Gasteiger partial charge in [0, 0.05) is 55.2 Å². The van der Waals surface area contributed by atoms with Crippen LogP contribution in [0.5, 0.6) is 0 Å². The standard InChI is InChI=1S/C36H46FN3O3/c1-23-30(27-10-11-28-22-39(17-14-26(28)20-27)21-25-8-12-29(37)13-9-25)32(40-18-15-36(6,7)16-19-40)31(24(2)38-23)33(34(41)42)43-35(3,4)5/h8-13,20,33H,14-19,21-22H2,1-7H3,(H,41,42). The first-order valence-electron chi connectivity index (χ1n) is 15.5. The number of aryl methyl sites for hydroxylation is 2. The van der Waals surface area contributed by atoms with Crippen molar-refractivity contribution < 1.29 is 19.0 Å². The van der Waals surface area contributed by atoms with Crippen LogP contribution in [0.3, 0.4) is 0 Å². The van der Waals surface area contributed by atoms with Crippen molar-refractivity contribution in [3.05, 3.63) is 81.9 Å². The van der Waals surface area contributed by atoms with Crippen LogP contribution in [0.2, 0.25) is 0 Å². The number of hydrogen-bond donors (Lipinski definition) is 1. The highest BCUT2D eigenvalue weighted by atomic mass is 19.1. The molecule has 1 saturated heterocycles. The number of carbonyl (C=O) groups is 1. The number of halogens is 1. The third-order valence-electron chi connectivity index (χ3n) is 8.88. The van der Waals surface area contributed by atoms with Crippen LogP contribution in [0.4, 0.5) is 10.1 Å². The Morgan fingerprint density at radius 1 is 1.02 bits per heavy atom. The van der Waals surface area contributed by atoms with E-state index in [1.165, 1.54) is 23.3 Å². The quantitative estimate of drug-likeness (QED) is 0.307. The van der Waals surface area contributed by atoms with Crippen LogP contribution in [-0.4, -0.2) is 46.2 Å². The summed E-state index contributed by atoms with van der Waals surface area (Å²) in [5, 5.41) is 10.5. The number of ether oxygens (including phenoxy) is 1. The van der Waals surface area contributed by atoms with Crippen molar-refractivity contribution in [1.29, 1.82) is 0 Å². The molecule has 3 aromatic rings. The Balaban J connectivity index is 1.56. The third-order valence-corrected chi connectivity index (χ3v) is 8.88. The van der Waals surface area contributed by atoms with Crippen LogP contribution in [0.15, 0.2) is 42.5 Å². The van der Waals surface area contributed by atoms with Crippen molar-refractivity contribution in [3.8, 4) is 11.1 Å². The molecule has 1 unspecified atom stereocenters. The molecule has 0 amide bonds. The second kappa shape index (κ2) is 12.0. The molecule has 2 aliphatic heterocycles. The number of nitrogens with zero attached hydrogens (tertiary/aromatic N) is 3. The minimum Gasteiger partial charge on any atom is -0.479 e. The average molecular weight is 588 g/mol. The lowest BCUT2D eigenvalue weighted by Crippen LogP contribution is -2.39. The Morgan fingerprint density at radius 3 is 2.33 bits per heavy atom. The first kappa shape index (κ1) is 31.1. The van der Waals surface area contributed by atoms with E-state index in [0.717, 1.165) is 80.1 Å². The van der Waals surface area contributed by atoms with E-state index in [1.54, 1.807) is 0 Å². The summed E-state index contributed by atoms with van der Waals surface area (Å²) in [4.78, 5) is 22.5. The van der Waals surface area contributed by atoms with E-state index in [9.17, 15) is 14.3 Å². The van der Waals surface area contributed by atoms with Gasteiger partial charge in [0.2, 0.25) is 0 Å². The maximum absolute atomic E-state index is 13.4. The molecule has 0 spiro atoms. The van der Waals surface area contributed by atoms with Crippen molar-refractivity contribution in [2.24, 2.45) is 5.41 Å². The molecule has 0 saturated carbocycles. The lowest BCUT2D eigenvalue weighted by molar-refractivity contribution is -0.160. The number of piperidine rings is 1. The topological polar surface area (TPSA) is 65.9 Å². The zero-order valence-electron chi connectivity index (χ0n) is 26.8. The molecule has 3 heterocycles. The van der Waals surface area contributed by atoms with Crippen molar-refractivity contribution in [3.63, 3.8) is 0 Å². The number of anilines is 1. The maximum atomic E-state index is 13.4. The number of hydrogen-bond acceptors (Lipinski definition) is 5. The van der Waals surface area contributed by atoms with E-state index in [2.05, 4.69) is 41.8 Å².